The van der Waals surface area contributed by atoms with E-state index in [0.717, 1.165) is 0 Å². The first-order valence-electron chi connectivity index (χ1n) is 7.27. The molecule has 10 heteroatoms. The summed E-state index contributed by atoms with van der Waals surface area (Å²) in [6.45, 7) is 3.37. The number of imidazole rings is 1. The molecule has 24 heavy (non-hydrogen) atoms. The molecule has 0 saturated carbocycles. The van der Waals surface area contributed by atoms with Crippen LogP contribution in [0.1, 0.15) is 20.3 Å². The zero-order valence-corrected chi connectivity index (χ0v) is 14.1. The lowest BCUT2D eigenvalue weighted by molar-refractivity contribution is -0.146. The second-order valence-electron chi connectivity index (χ2n) is 5.23. The van der Waals surface area contributed by atoms with E-state index in [-0.39, 0.29) is 30.4 Å². The van der Waals surface area contributed by atoms with Gasteiger partial charge in [-0.15, -0.1) is 0 Å². The van der Waals surface area contributed by atoms with Gasteiger partial charge >= 0.3 is 11.9 Å². The Bertz CT molecular complexity index is 730. The molecule has 2 aromatic heterocycles. The summed E-state index contributed by atoms with van der Waals surface area (Å²) in [5.74, 6) is -0.842. The fraction of sp³-hybridized carbons (Fsp3) is 0.500. The molecule has 2 heterocycles. The molecule has 0 unspecified atom stereocenters. The number of nitrogens with two attached hydrogens (primary N) is 1. The van der Waals surface area contributed by atoms with E-state index in [1.54, 1.807) is 4.57 Å². The predicted octanol–water partition coefficient (Wildman–Crippen LogP) is 1.19. The van der Waals surface area contributed by atoms with E-state index >= 15 is 0 Å². The van der Waals surface area contributed by atoms with Crippen molar-refractivity contribution in [1.82, 2.24) is 19.5 Å². The molecule has 0 aliphatic heterocycles. The first-order valence-corrected chi connectivity index (χ1v) is 7.65. The van der Waals surface area contributed by atoms with Crippen LogP contribution in [0.5, 0.6) is 0 Å². The zero-order chi connectivity index (χ0) is 17.7. The summed E-state index contributed by atoms with van der Waals surface area (Å²) in [7, 11) is 0. The number of aryl methyl sites for hydroxylation is 1. The van der Waals surface area contributed by atoms with E-state index in [2.05, 4.69) is 15.0 Å². The highest BCUT2D eigenvalue weighted by Crippen LogP contribution is 2.20. The number of aromatic nitrogens is 4. The Hall–Kier alpha value is -2.42. The fourth-order valence-corrected chi connectivity index (χ4v) is 2.35. The topological polar surface area (TPSA) is 122 Å². The number of nitrogens with zero attached hydrogens (tertiary/aromatic N) is 4. The largest absolute Gasteiger partial charge is 0.465 e. The monoisotopic (exact) mass is 355 g/mol. The zero-order valence-electron chi connectivity index (χ0n) is 13.4. The summed E-state index contributed by atoms with van der Waals surface area (Å²) in [6.07, 6.45) is 2.03. The lowest BCUT2D eigenvalue weighted by atomic mass is 10.1. The van der Waals surface area contributed by atoms with Gasteiger partial charge in [-0.2, -0.15) is 4.98 Å². The lowest BCUT2D eigenvalue weighted by Gasteiger charge is -2.17. The van der Waals surface area contributed by atoms with Crippen molar-refractivity contribution < 1.29 is 19.1 Å². The van der Waals surface area contributed by atoms with Crippen LogP contribution in [0.3, 0.4) is 0 Å². The maximum Gasteiger partial charge on any atom is 0.302 e. The van der Waals surface area contributed by atoms with Gasteiger partial charge in [0, 0.05) is 26.3 Å². The maximum absolute atomic E-state index is 11.0. The van der Waals surface area contributed by atoms with Gasteiger partial charge in [-0.1, -0.05) is 0 Å². The van der Waals surface area contributed by atoms with Gasteiger partial charge in [0.15, 0.2) is 5.65 Å². The Morgan fingerprint density at radius 3 is 2.46 bits per heavy atom. The van der Waals surface area contributed by atoms with Crippen LogP contribution in [0.25, 0.3) is 11.2 Å². The van der Waals surface area contributed by atoms with Crippen molar-refractivity contribution in [2.75, 3.05) is 18.9 Å². The van der Waals surface area contributed by atoms with Gasteiger partial charge in [0.1, 0.15) is 5.52 Å². The lowest BCUT2D eigenvalue weighted by Crippen LogP contribution is -2.21. The number of carbonyl (C=O) groups is 2. The maximum atomic E-state index is 11.0. The molecule has 0 aromatic carbocycles. The predicted molar refractivity (Wildman–Crippen MR) is 86.1 cm³/mol. The van der Waals surface area contributed by atoms with Gasteiger partial charge in [-0.05, 0) is 18.0 Å². The number of fused-ring (bicyclic) bond motifs is 1. The van der Waals surface area contributed by atoms with Crippen molar-refractivity contribution >= 4 is 40.7 Å². The third kappa shape index (κ3) is 4.79. The number of hydrogen-bond donors (Lipinski definition) is 1. The average molecular weight is 356 g/mol. The quantitative estimate of drug-likeness (QED) is 0.580. The third-order valence-corrected chi connectivity index (χ3v) is 3.55. The van der Waals surface area contributed by atoms with Gasteiger partial charge in [-0.3, -0.25) is 14.2 Å². The Kier molecular flexibility index (Phi) is 5.91. The molecule has 0 aliphatic carbocycles. The highest BCUT2D eigenvalue weighted by molar-refractivity contribution is 6.29. The van der Waals surface area contributed by atoms with Gasteiger partial charge in [0.2, 0.25) is 11.2 Å². The van der Waals surface area contributed by atoms with Gasteiger partial charge in [0.05, 0.1) is 19.4 Å². The number of hydrogen-bond acceptors (Lipinski definition) is 8. The second-order valence-corrected chi connectivity index (χ2v) is 5.57. The van der Waals surface area contributed by atoms with E-state index in [9.17, 15) is 9.59 Å². The first-order chi connectivity index (χ1) is 11.4. The molecule has 0 bridgehead atoms. The summed E-state index contributed by atoms with van der Waals surface area (Å²) in [5.41, 5.74) is 6.65. The number of ether oxygens (including phenoxy) is 2. The van der Waals surface area contributed by atoms with Crippen LogP contribution in [0.2, 0.25) is 5.28 Å². The highest BCUT2D eigenvalue weighted by atomic mass is 35.5. The minimum atomic E-state index is -0.394. The van der Waals surface area contributed by atoms with Crippen LogP contribution in [-0.2, 0) is 25.6 Å². The van der Waals surface area contributed by atoms with Crippen molar-refractivity contribution in [2.45, 2.75) is 26.8 Å². The number of carbonyl (C=O) groups excluding carboxylic acids is 2. The van der Waals surface area contributed by atoms with Gasteiger partial charge in [0.25, 0.3) is 0 Å². The van der Waals surface area contributed by atoms with Crippen LogP contribution in [-0.4, -0.2) is 44.7 Å². The number of nitrogen functional groups attached to an aromatic ring is 1. The van der Waals surface area contributed by atoms with E-state index < -0.39 is 11.9 Å². The molecule has 0 amide bonds. The van der Waals surface area contributed by atoms with E-state index in [4.69, 9.17) is 26.8 Å². The van der Waals surface area contributed by atoms with E-state index in [1.807, 2.05) is 0 Å². The molecule has 2 rings (SSSR count). The van der Waals surface area contributed by atoms with E-state index in [1.165, 1.54) is 20.0 Å². The summed E-state index contributed by atoms with van der Waals surface area (Å²) in [5, 5.41) is 0.253. The molecule has 2 N–H and O–H groups in total. The Morgan fingerprint density at radius 2 is 1.88 bits per heavy atom. The molecule has 2 aromatic rings. The normalized spacial score (nSPS) is 11.0. The van der Waals surface area contributed by atoms with Crippen LogP contribution in [0.15, 0.2) is 6.20 Å². The summed E-state index contributed by atoms with van der Waals surface area (Å²) in [6, 6.07) is 0. The average Bonchev–Trinajstić information content (AvgIpc) is 2.81. The highest BCUT2D eigenvalue weighted by Gasteiger charge is 2.16. The molecule has 130 valence electrons. The number of esters is 2. The molecular formula is C14H18ClN5O4. The Labute approximate surface area is 143 Å². The van der Waals surface area contributed by atoms with Crippen LogP contribution in [0.4, 0.5) is 5.95 Å². The third-order valence-electron chi connectivity index (χ3n) is 3.27. The number of halogens is 1. The molecule has 0 fully saturated rings. The molecule has 9 nitrogen and oxygen atoms in total. The van der Waals surface area contributed by atoms with Gasteiger partial charge in [-0.25, -0.2) is 9.97 Å². The Balaban J connectivity index is 2.09. The number of rotatable bonds is 7. The minimum absolute atomic E-state index is 0.122. The van der Waals surface area contributed by atoms with Crippen molar-refractivity contribution in [3.05, 3.63) is 11.5 Å². The fourth-order valence-electron chi connectivity index (χ4n) is 2.10. The smallest absolute Gasteiger partial charge is 0.302 e. The van der Waals surface area contributed by atoms with Crippen LogP contribution < -0.4 is 5.73 Å². The molecule has 0 radical (unpaired) electrons. The van der Waals surface area contributed by atoms with Crippen molar-refractivity contribution in [1.29, 1.82) is 0 Å². The van der Waals surface area contributed by atoms with Crippen molar-refractivity contribution in [2.24, 2.45) is 5.92 Å². The van der Waals surface area contributed by atoms with E-state index in [0.29, 0.717) is 24.1 Å². The van der Waals surface area contributed by atoms with Crippen molar-refractivity contribution in [3.8, 4) is 0 Å². The Morgan fingerprint density at radius 1 is 1.25 bits per heavy atom. The first kappa shape index (κ1) is 17.9. The van der Waals surface area contributed by atoms with Crippen LogP contribution >= 0.6 is 11.6 Å². The molecule has 0 spiro atoms. The minimum Gasteiger partial charge on any atom is -0.465 e. The molecule has 0 atom stereocenters. The summed E-state index contributed by atoms with van der Waals surface area (Å²) < 4.78 is 11.7. The molecule has 0 aliphatic rings. The molecule has 0 saturated heterocycles. The summed E-state index contributed by atoms with van der Waals surface area (Å²) >= 11 is 6.13. The summed E-state index contributed by atoms with van der Waals surface area (Å²) in [4.78, 5) is 34.1. The van der Waals surface area contributed by atoms with Crippen LogP contribution in [0, 0.1) is 5.92 Å². The SMILES string of the molecule is CC(=O)OCC(CCn1c(Cl)nc2cnc(N)nc21)COC(C)=O. The van der Waals surface area contributed by atoms with Gasteiger partial charge < -0.3 is 15.2 Å². The van der Waals surface area contributed by atoms with Crippen molar-refractivity contribution in [3.63, 3.8) is 0 Å². The second kappa shape index (κ2) is 7.91. The molecular weight excluding hydrogens is 338 g/mol. The number of anilines is 1. The standard InChI is InChI=1S/C14H18ClN5O4/c1-8(21)23-6-10(7-24-9(2)22)3-4-20-12-11(18-13(20)15)5-17-14(16)19-12/h5,10H,3-4,6-7H2,1-2H3,(H2,16,17,19).